The van der Waals surface area contributed by atoms with E-state index in [4.69, 9.17) is 4.74 Å². The van der Waals surface area contributed by atoms with Crippen molar-refractivity contribution < 1.29 is 19.4 Å². The molecule has 0 radical (unpaired) electrons. The molecule has 0 saturated heterocycles. The number of Topliss-reactive ketones (excluding diaryl/α,β-unsaturated/α-hetero) is 1. The summed E-state index contributed by atoms with van der Waals surface area (Å²) in [6, 6.07) is 21.6. The van der Waals surface area contributed by atoms with Crippen molar-refractivity contribution in [1.29, 1.82) is 0 Å². The van der Waals surface area contributed by atoms with Crippen LogP contribution in [-0.2, 0) is 22.6 Å². The Kier molecular flexibility index (Phi) is 6.31. The number of rotatable bonds is 8. The fourth-order valence-corrected chi connectivity index (χ4v) is 4.02. The monoisotopic (exact) mass is 428 g/mol. The molecule has 0 bridgehead atoms. The van der Waals surface area contributed by atoms with Gasteiger partial charge in [0.2, 0.25) is 0 Å². The number of amides is 1. The fourth-order valence-electron chi connectivity index (χ4n) is 4.02. The lowest BCUT2D eigenvalue weighted by Crippen LogP contribution is -2.31. The number of aliphatic hydroxyl groups excluding tert-OH is 1. The van der Waals surface area contributed by atoms with Crippen LogP contribution in [0.3, 0.4) is 0 Å². The van der Waals surface area contributed by atoms with Crippen molar-refractivity contribution in [2.75, 3.05) is 7.11 Å². The Labute approximate surface area is 186 Å². The van der Waals surface area contributed by atoms with Crippen LogP contribution in [0.5, 0.6) is 5.75 Å². The first kappa shape index (κ1) is 21.3. The smallest absolute Gasteiger partial charge is 0.290 e. The molecule has 1 N–H and O–H groups in total. The van der Waals surface area contributed by atoms with Gasteiger partial charge in [0.25, 0.3) is 5.91 Å². The highest BCUT2D eigenvalue weighted by molar-refractivity contribution is 6.09. The lowest BCUT2D eigenvalue weighted by Gasteiger charge is -2.27. The molecule has 1 amide bonds. The molecule has 1 atom stereocenters. The Bertz CT molecular complexity index is 1140. The summed E-state index contributed by atoms with van der Waals surface area (Å²) < 4.78 is 5.52. The molecule has 1 aliphatic heterocycles. The number of aliphatic hydroxyl groups is 1. The van der Waals surface area contributed by atoms with Crippen LogP contribution in [0.15, 0.2) is 90.3 Å². The molecule has 1 unspecified atom stereocenters. The summed E-state index contributed by atoms with van der Waals surface area (Å²) in [4.78, 5) is 32.2. The van der Waals surface area contributed by atoms with E-state index < -0.39 is 17.7 Å². The molecular formula is C26H24N2O4. The standard InChI is InChI=1S/C26H24N2O4/c1-32-22-13-6-5-12-20(22)24-23(21(29)15-14-18-9-3-2-4-10-18)25(30)26(31)28(24)17-19-11-7-8-16-27-19/h2-13,16,24,30H,14-15,17H2,1H3. The van der Waals surface area contributed by atoms with E-state index in [-0.39, 0.29) is 24.3 Å². The molecule has 2 aromatic carbocycles. The molecule has 0 spiro atoms. The third kappa shape index (κ3) is 4.25. The van der Waals surface area contributed by atoms with E-state index in [2.05, 4.69) is 4.98 Å². The molecule has 1 aromatic heterocycles. The van der Waals surface area contributed by atoms with Crippen molar-refractivity contribution in [1.82, 2.24) is 9.88 Å². The maximum atomic E-state index is 13.3. The van der Waals surface area contributed by atoms with Gasteiger partial charge in [0, 0.05) is 18.2 Å². The minimum absolute atomic E-state index is 0.103. The van der Waals surface area contributed by atoms with Gasteiger partial charge in [-0.1, -0.05) is 54.6 Å². The third-order valence-electron chi connectivity index (χ3n) is 5.58. The van der Waals surface area contributed by atoms with E-state index in [1.807, 2.05) is 54.6 Å². The van der Waals surface area contributed by atoms with Crippen LogP contribution in [-0.4, -0.2) is 33.8 Å². The highest BCUT2D eigenvalue weighted by Gasteiger charge is 2.44. The summed E-state index contributed by atoms with van der Waals surface area (Å²) in [6.07, 6.45) is 2.34. The topological polar surface area (TPSA) is 79.7 Å². The van der Waals surface area contributed by atoms with E-state index in [9.17, 15) is 14.7 Å². The predicted octanol–water partition coefficient (Wildman–Crippen LogP) is 4.19. The van der Waals surface area contributed by atoms with Crippen molar-refractivity contribution in [3.8, 4) is 5.75 Å². The van der Waals surface area contributed by atoms with E-state index in [0.29, 0.717) is 23.4 Å². The van der Waals surface area contributed by atoms with Crippen LogP contribution in [0.4, 0.5) is 0 Å². The first-order chi connectivity index (χ1) is 15.6. The average Bonchev–Trinajstić information content (AvgIpc) is 3.08. The van der Waals surface area contributed by atoms with Gasteiger partial charge in [0.05, 0.1) is 31.0 Å². The number of aryl methyl sites for hydroxylation is 1. The van der Waals surface area contributed by atoms with Gasteiger partial charge in [0.1, 0.15) is 5.75 Å². The van der Waals surface area contributed by atoms with Crippen molar-refractivity contribution in [3.63, 3.8) is 0 Å². The number of hydrogen-bond acceptors (Lipinski definition) is 5. The van der Waals surface area contributed by atoms with Gasteiger partial charge in [0.15, 0.2) is 11.5 Å². The minimum Gasteiger partial charge on any atom is -0.503 e. The molecule has 6 heteroatoms. The van der Waals surface area contributed by atoms with Crippen molar-refractivity contribution in [2.24, 2.45) is 0 Å². The van der Waals surface area contributed by atoms with Gasteiger partial charge in [-0.15, -0.1) is 0 Å². The largest absolute Gasteiger partial charge is 0.503 e. The summed E-state index contributed by atoms with van der Waals surface area (Å²) in [5, 5.41) is 10.8. The Morgan fingerprint density at radius 1 is 1.03 bits per heavy atom. The fraction of sp³-hybridized carbons (Fsp3) is 0.192. The van der Waals surface area contributed by atoms with E-state index >= 15 is 0 Å². The number of pyridine rings is 1. The molecule has 3 aromatic rings. The molecule has 4 rings (SSSR count). The summed E-state index contributed by atoms with van der Waals surface area (Å²) in [5.74, 6) is -0.817. The van der Waals surface area contributed by atoms with Gasteiger partial charge < -0.3 is 14.7 Å². The number of ketones is 1. The van der Waals surface area contributed by atoms with Crippen molar-refractivity contribution in [2.45, 2.75) is 25.4 Å². The van der Waals surface area contributed by atoms with Crippen LogP contribution in [0.25, 0.3) is 0 Å². The second-order valence-electron chi connectivity index (χ2n) is 7.57. The number of aromatic nitrogens is 1. The van der Waals surface area contributed by atoms with Crippen molar-refractivity contribution in [3.05, 3.63) is 107 Å². The highest BCUT2D eigenvalue weighted by Crippen LogP contribution is 2.42. The molecule has 1 aliphatic rings. The Hall–Kier alpha value is -3.93. The van der Waals surface area contributed by atoms with E-state index in [1.165, 1.54) is 4.90 Å². The number of ether oxygens (including phenoxy) is 1. The first-order valence-corrected chi connectivity index (χ1v) is 10.4. The Morgan fingerprint density at radius 2 is 1.75 bits per heavy atom. The lowest BCUT2D eigenvalue weighted by molar-refractivity contribution is -0.130. The molecular weight excluding hydrogens is 404 g/mol. The van der Waals surface area contributed by atoms with Gasteiger partial charge in [-0.25, -0.2) is 0 Å². The average molecular weight is 428 g/mol. The molecule has 2 heterocycles. The zero-order chi connectivity index (χ0) is 22.5. The number of nitrogens with zero attached hydrogens (tertiary/aromatic N) is 2. The normalized spacial score (nSPS) is 15.8. The van der Waals surface area contributed by atoms with Crippen LogP contribution >= 0.6 is 0 Å². The SMILES string of the molecule is COc1ccccc1C1C(C(=O)CCc2ccccc2)=C(O)C(=O)N1Cc1ccccn1. The van der Waals surface area contributed by atoms with E-state index in [0.717, 1.165) is 5.56 Å². The second-order valence-corrected chi connectivity index (χ2v) is 7.57. The van der Waals surface area contributed by atoms with Crippen LogP contribution < -0.4 is 4.74 Å². The van der Waals surface area contributed by atoms with Gasteiger partial charge in [-0.2, -0.15) is 0 Å². The minimum atomic E-state index is -0.760. The summed E-state index contributed by atoms with van der Waals surface area (Å²) >= 11 is 0. The quantitative estimate of drug-likeness (QED) is 0.582. The predicted molar refractivity (Wildman–Crippen MR) is 120 cm³/mol. The van der Waals surface area contributed by atoms with Gasteiger partial charge in [-0.3, -0.25) is 14.6 Å². The molecule has 0 fully saturated rings. The van der Waals surface area contributed by atoms with Crippen LogP contribution in [0.1, 0.15) is 29.3 Å². The molecule has 0 saturated carbocycles. The second kappa shape index (κ2) is 9.47. The number of carbonyl (C=O) groups is 2. The number of hydrogen-bond donors (Lipinski definition) is 1. The zero-order valence-corrected chi connectivity index (χ0v) is 17.8. The number of para-hydroxylation sites is 1. The lowest BCUT2D eigenvalue weighted by atomic mass is 9.92. The first-order valence-electron chi connectivity index (χ1n) is 10.4. The molecule has 6 nitrogen and oxygen atoms in total. The number of methoxy groups -OCH3 is 1. The third-order valence-corrected chi connectivity index (χ3v) is 5.58. The van der Waals surface area contributed by atoms with Crippen LogP contribution in [0, 0.1) is 0 Å². The Balaban J connectivity index is 1.70. The number of carbonyl (C=O) groups excluding carboxylic acids is 2. The maximum absolute atomic E-state index is 13.3. The van der Waals surface area contributed by atoms with Gasteiger partial charge in [-0.05, 0) is 30.2 Å². The summed E-state index contributed by atoms with van der Waals surface area (Å²) in [6.45, 7) is 0.155. The molecule has 0 aliphatic carbocycles. The number of benzene rings is 2. The summed E-state index contributed by atoms with van der Waals surface area (Å²) in [7, 11) is 1.54. The van der Waals surface area contributed by atoms with E-state index in [1.54, 1.807) is 31.5 Å². The van der Waals surface area contributed by atoms with Crippen molar-refractivity contribution >= 4 is 11.7 Å². The van der Waals surface area contributed by atoms with Crippen LogP contribution in [0.2, 0.25) is 0 Å². The molecule has 32 heavy (non-hydrogen) atoms. The highest BCUT2D eigenvalue weighted by atomic mass is 16.5. The molecule has 162 valence electrons. The van der Waals surface area contributed by atoms with Gasteiger partial charge >= 0.3 is 0 Å². The zero-order valence-electron chi connectivity index (χ0n) is 17.8. The Morgan fingerprint density at radius 3 is 2.47 bits per heavy atom. The summed E-state index contributed by atoms with van der Waals surface area (Å²) in [5.41, 5.74) is 2.42. The maximum Gasteiger partial charge on any atom is 0.290 e.